The molecule has 2 heterocycles. The number of amides is 2. The van der Waals surface area contributed by atoms with Crippen LogP contribution in [0.4, 0.5) is 13.2 Å². The number of carbonyl (C=O) groups excluding carboxylic acids is 3. The van der Waals surface area contributed by atoms with Gasteiger partial charge in [-0.05, 0) is 87.1 Å². The van der Waals surface area contributed by atoms with Gasteiger partial charge in [-0.2, -0.15) is 18.4 Å². The molecule has 0 spiro atoms. The van der Waals surface area contributed by atoms with E-state index in [0.29, 0.717) is 74.1 Å². The van der Waals surface area contributed by atoms with Gasteiger partial charge in [-0.1, -0.05) is 12.1 Å². The van der Waals surface area contributed by atoms with E-state index in [0.717, 1.165) is 12.1 Å². The molecule has 1 N–H and O–H groups in total. The van der Waals surface area contributed by atoms with Gasteiger partial charge in [-0.3, -0.25) is 19.4 Å². The molecule has 0 bridgehead atoms. The van der Waals surface area contributed by atoms with Crippen LogP contribution >= 0.6 is 0 Å². The average Bonchev–Trinajstić information content (AvgIpc) is 3.05. The van der Waals surface area contributed by atoms with E-state index in [-0.39, 0.29) is 41.4 Å². The number of hydrogen-bond donors (Lipinski definition) is 1. The third-order valence-electron chi connectivity index (χ3n) is 8.19. The smallest absolute Gasteiger partial charge is 0.416 e. The number of ether oxygens (including phenoxy) is 1. The molecule has 44 heavy (non-hydrogen) atoms. The van der Waals surface area contributed by atoms with E-state index < -0.39 is 11.7 Å². The molecule has 2 aromatic carbocycles. The normalized spacial score (nSPS) is 19.1. The van der Waals surface area contributed by atoms with E-state index in [2.05, 4.69) is 10.3 Å². The lowest BCUT2D eigenvalue weighted by atomic mass is 9.88. The van der Waals surface area contributed by atoms with Gasteiger partial charge < -0.3 is 15.0 Å². The number of nitrogens with one attached hydrogen (secondary N) is 1. The van der Waals surface area contributed by atoms with Crippen LogP contribution < -0.4 is 10.1 Å². The van der Waals surface area contributed by atoms with Crippen LogP contribution in [-0.4, -0.2) is 52.7 Å². The maximum atomic E-state index is 13.0. The average molecular weight is 605 g/mol. The number of nitriles is 1. The van der Waals surface area contributed by atoms with Crippen LogP contribution in [0, 0.1) is 17.2 Å². The Balaban J connectivity index is 1.06. The van der Waals surface area contributed by atoms with Crippen molar-refractivity contribution in [2.45, 2.75) is 56.8 Å². The second-order valence-corrected chi connectivity index (χ2v) is 11.1. The molecular weight excluding hydrogens is 573 g/mol. The van der Waals surface area contributed by atoms with Crippen LogP contribution in [0.5, 0.6) is 5.75 Å². The number of alkyl halides is 3. The van der Waals surface area contributed by atoms with Crippen LogP contribution in [0.2, 0.25) is 0 Å². The lowest BCUT2D eigenvalue weighted by molar-refractivity contribution is -0.137. The van der Waals surface area contributed by atoms with Crippen molar-refractivity contribution in [3.05, 3.63) is 94.8 Å². The van der Waals surface area contributed by atoms with Gasteiger partial charge in [-0.15, -0.1) is 0 Å². The Morgan fingerprint density at radius 1 is 0.864 bits per heavy atom. The Labute approximate surface area is 252 Å². The standard InChI is InChI=1S/C33H31F3N4O4/c34-33(35,36)25-6-10-27(11-7-25)44-28-12-8-26(9-13-28)39-31(42)29-14-5-24(20-38-29)32(43)40-17-15-23(16-18-40)30(41)22-3-1-21(19-37)2-4-22/h1-7,10-11,14,20,23,26,28H,8-9,12-13,15-18H2,(H,39,42)/t26-,28+. The molecule has 2 aliphatic rings. The molecule has 228 valence electrons. The molecule has 2 amide bonds. The van der Waals surface area contributed by atoms with Gasteiger partial charge in [0.05, 0.1) is 28.9 Å². The van der Waals surface area contributed by atoms with Crippen LogP contribution in [0.25, 0.3) is 0 Å². The zero-order valence-electron chi connectivity index (χ0n) is 23.8. The second-order valence-electron chi connectivity index (χ2n) is 11.1. The summed E-state index contributed by atoms with van der Waals surface area (Å²) in [5.41, 5.74) is 0.882. The molecule has 2 fully saturated rings. The minimum absolute atomic E-state index is 0.0128. The molecule has 1 saturated carbocycles. The van der Waals surface area contributed by atoms with Crippen molar-refractivity contribution in [1.29, 1.82) is 5.26 Å². The van der Waals surface area contributed by atoms with Gasteiger partial charge >= 0.3 is 6.18 Å². The Morgan fingerprint density at radius 3 is 2.07 bits per heavy atom. The summed E-state index contributed by atoms with van der Waals surface area (Å²) in [5, 5.41) is 11.9. The van der Waals surface area contributed by atoms with E-state index in [4.69, 9.17) is 10.00 Å². The summed E-state index contributed by atoms with van der Waals surface area (Å²) in [6, 6.07) is 16.2. The monoisotopic (exact) mass is 604 g/mol. The first-order chi connectivity index (χ1) is 21.1. The third kappa shape index (κ3) is 7.43. The van der Waals surface area contributed by atoms with Gasteiger partial charge in [0, 0.05) is 36.8 Å². The zero-order valence-corrected chi connectivity index (χ0v) is 23.8. The molecule has 8 nitrogen and oxygen atoms in total. The predicted molar refractivity (Wildman–Crippen MR) is 154 cm³/mol. The van der Waals surface area contributed by atoms with E-state index >= 15 is 0 Å². The quantitative estimate of drug-likeness (QED) is 0.340. The largest absolute Gasteiger partial charge is 0.490 e. The van der Waals surface area contributed by atoms with Crippen molar-refractivity contribution >= 4 is 17.6 Å². The lowest BCUT2D eigenvalue weighted by Gasteiger charge is -2.31. The highest BCUT2D eigenvalue weighted by molar-refractivity contribution is 5.99. The molecule has 1 aliphatic carbocycles. The second kappa shape index (κ2) is 13.3. The van der Waals surface area contributed by atoms with Crippen LogP contribution in [-0.2, 0) is 6.18 Å². The van der Waals surface area contributed by atoms with E-state index in [1.54, 1.807) is 35.2 Å². The van der Waals surface area contributed by atoms with E-state index in [1.807, 2.05) is 6.07 Å². The maximum absolute atomic E-state index is 13.0. The van der Waals surface area contributed by atoms with Crippen LogP contribution in [0.1, 0.15) is 80.9 Å². The molecule has 1 aromatic heterocycles. The topological polar surface area (TPSA) is 112 Å². The van der Waals surface area contributed by atoms with Crippen molar-refractivity contribution in [3.8, 4) is 11.8 Å². The van der Waals surface area contributed by atoms with E-state index in [1.165, 1.54) is 24.4 Å². The molecule has 5 rings (SSSR count). The number of benzene rings is 2. The fourth-order valence-electron chi connectivity index (χ4n) is 5.63. The number of Topliss-reactive ketones (excluding diaryl/α,β-unsaturated/α-hetero) is 1. The fourth-order valence-corrected chi connectivity index (χ4v) is 5.63. The number of pyridine rings is 1. The summed E-state index contributed by atoms with van der Waals surface area (Å²) in [5.74, 6) is -0.356. The first-order valence-electron chi connectivity index (χ1n) is 14.5. The zero-order chi connectivity index (χ0) is 31.3. The van der Waals surface area contributed by atoms with Crippen molar-refractivity contribution in [2.75, 3.05) is 13.1 Å². The van der Waals surface area contributed by atoms with Crippen LogP contribution in [0.15, 0.2) is 66.9 Å². The van der Waals surface area contributed by atoms with Crippen molar-refractivity contribution in [1.82, 2.24) is 15.2 Å². The number of halogens is 3. The first-order valence-corrected chi connectivity index (χ1v) is 14.5. The van der Waals surface area contributed by atoms with Crippen LogP contribution in [0.3, 0.4) is 0 Å². The number of carbonyl (C=O) groups is 3. The number of piperidine rings is 1. The summed E-state index contributed by atoms with van der Waals surface area (Å²) < 4.78 is 44.1. The highest BCUT2D eigenvalue weighted by atomic mass is 19.4. The van der Waals surface area contributed by atoms with Gasteiger partial charge in [0.2, 0.25) is 0 Å². The molecule has 1 saturated heterocycles. The summed E-state index contributed by atoms with van der Waals surface area (Å²) in [7, 11) is 0. The molecule has 0 radical (unpaired) electrons. The molecular formula is C33H31F3N4O4. The van der Waals surface area contributed by atoms with Gasteiger partial charge in [0.15, 0.2) is 5.78 Å². The highest BCUT2D eigenvalue weighted by Crippen LogP contribution is 2.31. The molecule has 0 unspecified atom stereocenters. The number of aromatic nitrogens is 1. The number of likely N-dealkylation sites (tertiary alicyclic amines) is 1. The molecule has 3 aromatic rings. The third-order valence-corrected chi connectivity index (χ3v) is 8.19. The summed E-state index contributed by atoms with van der Waals surface area (Å²) in [4.78, 5) is 44.6. The Morgan fingerprint density at radius 2 is 1.50 bits per heavy atom. The van der Waals surface area contributed by atoms with Gasteiger partial charge in [0.25, 0.3) is 11.8 Å². The fraction of sp³-hybridized carbons (Fsp3) is 0.364. The number of hydrogen-bond acceptors (Lipinski definition) is 6. The summed E-state index contributed by atoms with van der Waals surface area (Å²) >= 11 is 0. The predicted octanol–water partition coefficient (Wildman–Crippen LogP) is 5.83. The van der Waals surface area contributed by atoms with Crippen molar-refractivity contribution in [2.24, 2.45) is 5.92 Å². The van der Waals surface area contributed by atoms with E-state index in [9.17, 15) is 27.6 Å². The van der Waals surface area contributed by atoms with Gasteiger partial charge in [0.1, 0.15) is 11.4 Å². The van der Waals surface area contributed by atoms with Crippen molar-refractivity contribution < 1.29 is 32.3 Å². The summed E-state index contributed by atoms with van der Waals surface area (Å²) in [6.07, 6.45) is 0.503. The maximum Gasteiger partial charge on any atom is 0.416 e. The Kier molecular flexibility index (Phi) is 9.28. The first kappa shape index (κ1) is 30.7. The van der Waals surface area contributed by atoms with Crippen molar-refractivity contribution in [3.63, 3.8) is 0 Å². The highest BCUT2D eigenvalue weighted by Gasteiger charge is 2.31. The minimum atomic E-state index is -4.39. The SMILES string of the molecule is N#Cc1ccc(C(=O)C2CCN(C(=O)c3ccc(C(=O)N[C@H]4CC[C@@H](Oc5ccc(C(F)(F)F)cc5)CC4)nc3)CC2)cc1. The lowest BCUT2D eigenvalue weighted by Crippen LogP contribution is -2.40. The molecule has 0 atom stereocenters. The summed E-state index contributed by atoms with van der Waals surface area (Å²) in [6.45, 7) is 0.859. The molecule has 1 aliphatic heterocycles. The molecule has 11 heteroatoms. The van der Waals surface area contributed by atoms with Gasteiger partial charge in [-0.25, -0.2) is 0 Å². The Hall–Kier alpha value is -4.72. The Bertz CT molecular complexity index is 1520. The minimum Gasteiger partial charge on any atom is -0.490 e. The number of nitrogens with zero attached hydrogens (tertiary/aromatic N) is 3. The number of rotatable bonds is 7. The number of ketones is 1.